The van der Waals surface area contributed by atoms with Crippen molar-refractivity contribution in [3.8, 4) is 0 Å². The number of carbonyl (C=O) groups excluding carboxylic acids is 1. The van der Waals surface area contributed by atoms with E-state index in [1.807, 2.05) is 0 Å². The van der Waals surface area contributed by atoms with E-state index in [1.165, 1.54) is 13.1 Å². The molecule has 0 aliphatic carbocycles. The number of halogens is 3. The maximum Gasteiger partial charge on any atom is 0.433 e. The predicted molar refractivity (Wildman–Crippen MR) is 85.9 cm³/mol. The molecule has 26 heavy (non-hydrogen) atoms. The molecule has 0 saturated carbocycles. The maximum atomic E-state index is 12.9. The SMILES string of the molecule is Cc1nc(N2CCC(NC(=O)c3c[nH]c(=O)[nH]3)CC2)cc(C(F)(F)F)n1. The second-order valence-corrected chi connectivity index (χ2v) is 6.05. The van der Waals surface area contributed by atoms with Crippen LogP contribution in [0, 0.1) is 6.92 Å². The molecule has 0 atom stereocenters. The van der Waals surface area contributed by atoms with Crippen molar-refractivity contribution in [3.63, 3.8) is 0 Å². The number of piperidine rings is 1. The fraction of sp³-hybridized carbons (Fsp3) is 0.467. The van der Waals surface area contributed by atoms with Crippen LogP contribution in [0.4, 0.5) is 19.0 Å². The summed E-state index contributed by atoms with van der Waals surface area (Å²) in [6, 6.07) is 0.804. The Morgan fingerprint density at radius 3 is 2.58 bits per heavy atom. The first-order chi connectivity index (χ1) is 12.2. The van der Waals surface area contributed by atoms with Crippen molar-refractivity contribution in [1.29, 1.82) is 0 Å². The number of nitrogens with one attached hydrogen (secondary N) is 3. The molecule has 0 aromatic carbocycles. The summed E-state index contributed by atoms with van der Waals surface area (Å²) in [6.07, 6.45) is -2.15. The third-order valence-corrected chi connectivity index (χ3v) is 4.11. The quantitative estimate of drug-likeness (QED) is 0.753. The third-order valence-electron chi connectivity index (χ3n) is 4.11. The van der Waals surface area contributed by atoms with Crippen molar-refractivity contribution in [2.24, 2.45) is 0 Å². The lowest BCUT2D eigenvalue weighted by Crippen LogP contribution is -2.45. The molecule has 3 heterocycles. The van der Waals surface area contributed by atoms with Crippen molar-refractivity contribution >= 4 is 11.7 Å². The van der Waals surface area contributed by atoms with Gasteiger partial charge < -0.3 is 20.2 Å². The molecule has 140 valence electrons. The Bertz CT molecular complexity index is 852. The van der Waals surface area contributed by atoms with Gasteiger partial charge in [-0.05, 0) is 19.8 Å². The van der Waals surface area contributed by atoms with Gasteiger partial charge in [-0.2, -0.15) is 13.2 Å². The van der Waals surface area contributed by atoms with Crippen LogP contribution in [-0.4, -0.2) is 45.0 Å². The molecule has 1 aliphatic rings. The highest BCUT2D eigenvalue weighted by Gasteiger charge is 2.34. The average Bonchev–Trinajstić information content (AvgIpc) is 3.01. The normalized spacial score (nSPS) is 15.9. The molecule has 3 rings (SSSR count). The Kier molecular flexibility index (Phi) is 4.70. The molecule has 0 bridgehead atoms. The minimum absolute atomic E-state index is 0.0571. The zero-order valence-electron chi connectivity index (χ0n) is 13.9. The zero-order chi connectivity index (χ0) is 18.9. The summed E-state index contributed by atoms with van der Waals surface area (Å²) in [5.41, 5.74) is -1.30. The Morgan fingerprint density at radius 2 is 2.00 bits per heavy atom. The van der Waals surface area contributed by atoms with E-state index >= 15 is 0 Å². The van der Waals surface area contributed by atoms with Gasteiger partial charge in [-0.15, -0.1) is 0 Å². The monoisotopic (exact) mass is 370 g/mol. The maximum absolute atomic E-state index is 12.9. The summed E-state index contributed by atoms with van der Waals surface area (Å²) >= 11 is 0. The number of H-pyrrole nitrogens is 2. The predicted octanol–water partition coefficient (Wildman–Crippen LogP) is 1.22. The van der Waals surface area contributed by atoms with E-state index in [4.69, 9.17) is 0 Å². The van der Waals surface area contributed by atoms with Crippen LogP contribution in [-0.2, 0) is 6.18 Å². The number of carbonyl (C=O) groups is 1. The van der Waals surface area contributed by atoms with E-state index < -0.39 is 23.5 Å². The van der Waals surface area contributed by atoms with Crippen LogP contribution in [0.5, 0.6) is 0 Å². The third kappa shape index (κ3) is 4.03. The number of nitrogens with zero attached hydrogens (tertiary/aromatic N) is 3. The van der Waals surface area contributed by atoms with Gasteiger partial charge in [0.25, 0.3) is 5.91 Å². The number of aryl methyl sites for hydroxylation is 1. The van der Waals surface area contributed by atoms with E-state index in [0.29, 0.717) is 25.9 Å². The molecule has 1 saturated heterocycles. The Balaban J connectivity index is 1.63. The minimum atomic E-state index is -4.53. The van der Waals surface area contributed by atoms with Crippen LogP contribution in [0.15, 0.2) is 17.1 Å². The lowest BCUT2D eigenvalue weighted by Gasteiger charge is -2.33. The van der Waals surface area contributed by atoms with Gasteiger partial charge in [-0.1, -0.05) is 0 Å². The number of amides is 1. The van der Waals surface area contributed by atoms with E-state index in [9.17, 15) is 22.8 Å². The Hall–Kier alpha value is -2.85. The van der Waals surface area contributed by atoms with Gasteiger partial charge >= 0.3 is 11.9 Å². The van der Waals surface area contributed by atoms with Crippen molar-refractivity contribution in [3.05, 3.63) is 40.0 Å². The topological polar surface area (TPSA) is 107 Å². The van der Waals surface area contributed by atoms with Crippen molar-refractivity contribution < 1.29 is 18.0 Å². The highest BCUT2D eigenvalue weighted by Crippen LogP contribution is 2.30. The van der Waals surface area contributed by atoms with Gasteiger partial charge in [0.15, 0.2) is 0 Å². The number of hydrogen-bond acceptors (Lipinski definition) is 5. The van der Waals surface area contributed by atoms with Gasteiger partial charge in [-0.25, -0.2) is 14.8 Å². The zero-order valence-corrected chi connectivity index (χ0v) is 13.9. The largest absolute Gasteiger partial charge is 0.433 e. The first-order valence-corrected chi connectivity index (χ1v) is 7.99. The number of imidazole rings is 1. The molecule has 1 fully saturated rings. The number of rotatable bonds is 3. The molecule has 0 spiro atoms. The van der Waals surface area contributed by atoms with Crippen LogP contribution < -0.4 is 15.9 Å². The second kappa shape index (κ2) is 6.81. The summed E-state index contributed by atoms with van der Waals surface area (Å²) in [4.78, 5) is 37.0. The molecule has 1 amide bonds. The van der Waals surface area contributed by atoms with Crippen LogP contribution in [0.25, 0.3) is 0 Å². The minimum Gasteiger partial charge on any atom is -0.356 e. The molecule has 0 unspecified atom stereocenters. The van der Waals surface area contributed by atoms with Crippen LogP contribution in [0.1, 0.15) is 34.8 Å². The van der Waals surface area contributed by atoms with Gasteiger partial charge in [0.1, 0.15) is 23.0 Å². The molecular weight excluding hydrogens is 353 g/mol. The van der Waals surface area contributed by atoms with Gasteiger partial charge in [-0.3, -0.25) is 4.79 Å². The highest BCUT2D eigenvalue weighted by atomic mass is 19.4. The summed E-state index contributed by atoms with van der Waals surface area (Å²) < 4.78 is 38.7. The average molecular weight is 370 g/mol. The smallest absolute Gasteiger partial charge is 0.356 e. The lowest BCUT2D eigenvalue weighted by molar-refractivity contribution is -0.141. The van der Waals surface area contributed by atoms with Crippen molar-refractivity contribution in [1.82, 2.24) is 25.3 Å². The molecule has 11 heteroatoms. The molecule has 0 radical (unpaired) electrons. The number of alkyl halides is 3. The van der Waals surface area contributed by atoms with Crippen LogP contribution >= 0.6 is 0 Å². The Labute approximate surface area is 145 Å². The first kappa shape index (κ1) is 18.0. The van der Waals surface area contributed by atoms with Crippen LogP contribution in [0.2, 0.25) is 0 Å². The fourth-order valence-electron chi connectivity index (χ4n) is 2.83. The highest BCUT2D eigenvalue weighted by molar-refractivity contribution is 5.92. The summed E-state index contributed by atoms with van der Waals surface area (Å²) in [5.74, 6) is -0.120. The molecular formula is C15H17F3N6O2. The number of aromatic nitrogens is 4. The van der Waals surface area contributed by atoms with E-state index in [-0.39, 0.29) is 23.4 Å². The van der Waals surface area contributed by atoms with Gasteiger partial charge in [0.2, 0.25) is 0 Å². The van der Waals surface area contributed by atoms with E-state index in [1.54, 1.807) is 4.90 Å². The molecule has 8 nitrogen and oxygen atoms in total. The van der Waals surface area contributed by atoms with Gasteiger partial charge in [0, 0.05) is 31.4 Å². The van der Waals surface area contributed by atoms with E-state index in [2.05, 4.69) is 25.3 Å². The summed E-state index contributed by atoms with van der Waals surface area (Å²) in [7, 11) is 0. The molecule has 1 aliphatic heterocycles. The first-order valence-electron chi connectivity index (χ1n) is 7.99. The second-order valence-electron chi connectivity index (χ2n) is 6.05. The number of hydrogen-bond donors (Lipinski definition) is 3. The number of anilines is 1. The lowest BCUT2D eigenvalue weighted by atomic mass is 10.0. The fourth-order valence-corrected chi connectivity index (χ4v) is 2.83. The van der Waals surface area contributed by atoms with Crippen molar-refractivity contribution in [2.45, 2.75) is 32.0 Å². The molecule has 2 aromatic rings. The van der Waals surface area contributed by atoms with Crippen LogP contribution in [0.3, 0.4) is 0 Å². The molecule has 3 N–H and O–H groups in total. The molecule has 2 aromatic heterocycles. The van der Waals surface area contributed by atoms with E-state index in [0.717, 1.165) is 6.07 Å². The van der Waals surface area contributed by atoms with Gasteiger partial charge in [0.05, 0.1) is 0 Å². The number of aromatic amines is 2. The summed E-state index contributed by atoms with van der Waals surface area (Å²) in [5, 5.41) is 2.80. The van der Waals surface area contributed by atoms with Crippen molar-refractivity contribution in [2.75, 3.05) is 18.0 Å². The standard InChI is InChI=1S/C15H17F3N6O2/c1-8-20-11(15(16,17)18)6-12(21-8)24-4-2-9(3-5-24)22-13(25)10-7-19-14(26)23-10/h6-7,9H,2-5H2,1H3,(H,22,25)(H2,19,23,26). The Morgan fingerprint density at radius 1 is 1.31 bits per heavy atom. The summed E-state index contributed by atoms with van der Waals surface area (Å²) in [6.45, 7) is 2.31.